The molecule has 0 aliphatic heterocycles. The zero-order valence-electron chi connectivity index (χ0n) is 20.6. The summed E-state index contributed by atoms with van der Waals surface area (Å²) in [6.07, 6.45) is 0. The first kappa shape index (κ1) is 28.5. The quantitative estimate of drug-likeness (QED) is 0.175. The van der Waals surface area contributed by atoms with Gasteiger partial charge in [-0.2, -0.15) is 0 Å². The van der Waals surface area contributed by atoms with Crippen LogP contribution in [0.4, 0.5) is 15.8 Å². The molecule has 38 heavy (non-hydrogen) atoms. The van der Waals surface area contributed by atoms with Gasteiger partial charge in [-0.05, 0) is 60.2 Å². The fraction of sp³-hybridized carbons (Fsp3) is 0.214. The molecule has 4 nitrogen and oxygen atoms in total. The molecule has 1 saturated carbocycles. The molecular formula is C28H23Cl4FN2O2Si. The van der Waals surface area contributed by atoms with Crippen LogP contribution in [0.5, 0.6) is 0 Å². The maximum atomic E-state index is 13.2. The monoisotopic (exact) mass is 606 g/mol. The number of anilines is 2. The minimum Gasteiger partial charge on any atom is -0.326 e. The molecule has 3 aromatic rings. The van der Waals surface area contributed by atoms with Crippen molar-refractivity contribution in [2.45, 2.75) is 29.9 Å². The molecule has 196 valence electrons. The van der Waals surface area contributed by atoms with E-state index in [1.165, 1.54) is 36.4 Å². The molecule has 3 aromatic carbocycles. The molecule has 1 aliphatic carbocycles. The molecule has 0 bridgehead atoms. The van der Waals surface area contributed by atoms with Crippen molar-refractivity contribution in [3.63, 3.8) is 0 Å². The average Bonchev–Trinajstić information content (AvgIpc) is 3.42. The number of alkyl halides is 2. The highest BCUT2D eigenvalue weighted by atomic mass is 35.5. The van der Waals surface area contributed by atoms with Crippen molar-refractivity contribution in [2.75, 3.05) is 10.6 Å². The number of carbonyl (C=O) groups is 2. The van der Waals surface area contributed by atoms with E-state index in [1.54, 1.807) is 18.2 Å². The van der Waals surface area contributed by atoms with Crippen LogP contribution in [0.1, 0.15) is 27.4 Å². The van der Waals surface area contributed by atoms with Crippen molar-refractivity contribution in [3.05, 3.63) is 93.2 Å². The van der Waals surface area contributed by atoms with Crippen LogP contribution in [0.3, 0.4) is 0 Å². The molecule has 2 amide bonds. The molecule has 10 heteroatoms. The molecular weight excluding hydrogens is 585 g/mol. The number of carbonyl (C=O) groups excluding carboxylic acids is 2. The van der Waals surface area contributed by atoms with Crippen LogP contribution in [0.2, 0.25) is 29.7 Å². The Morgan fingerprint density at radius 3 is 2.18 bits per heavy atom. The Morgan fingerprint density at radius 2 is 1.53 bits per heavy atom. The molecule has 2 N–H and O–H groups in total. The van der Waals surface area contributed by atoms with Gasteiger partial charge in [0.25, 0.3) is 5.91 Å². The van der Waals surface area contributed by atoms with Gasteiger partial charge in [0, 0.05) is 22.9 Å². The minimum absolute atomic E-state index is 0.132. The topological polar surface area (TPSA) is 58.2 Å². The average molecular weight is 608 g/mol. The van der Waals surface area contributed by atoms with E-state index in [9.17, 15) is 14.0 Å². The second-order valence-electron chi connectivity index (χ2n) is 10.0. The van der Waals surface area contributed by atoms with Crippen molar-refractivity contribution in [3.8, 4) is 11.5 Å². The van der Waals surface area contributed by atoms with Crippen LogP contribution in [-0.2, 0) is 4.79 Å². The number of hydrogen-bond donors (Lipinski definition) is 2. The number of nitrogens with one attached hydrogen (secondary N) is 2. The van der Waals surface area contributed by atoms with Crippen molar-refractivity contribution in [1.29, 1.82) is 0 Å². The highest BCUT2D eigenvalue weighted by Gasteiger charge is 2.67. The maximum Gasteiger partial charge on any atom is 0.257 e. The Labute approximate surface area is 241 Å². The predicted octanol–water partition coefficient (Wildman–Crippen LogP) is 8.14. The van der Waals surface area contributed by atoms with Crippen molar-refractivity contribution < 1.29 is 14.0 Å². The van der Waals surface area contributed by atoms with E-state index in [2.05, 4.69) is 41.7 Å². The molecule has 2 atom stereocenters. The van der Waals surface area contributed by atoms with Gasteiger partial charge in [0.05, 0.1) is 21.5 Å². The van der Waals surface area contributed by atoms with Crippen molar-refractivity contribution in [1.82, 2.24) is 0 Å². The highest BCUT2D eigenvalue weighted by Crippen LogP contribution is 2.65. The standard InChI is InChI=1S/C28H23Cl4FN2O2Si/c1-38(2,3)13-12-16-14-17(4-10-22(16)29)24-25(28(24,31)32)27(37)35-20-9-11-23(30)21(15-20)26(36)34-19-7-5-18(33)6-8-19/h4-11,14-15,24-25H,1-3H3,(H,34,36)(H,35,37)/t24-,25+/m0/s1. The van der Waals surface area contributed by atoms with Gasteiger partial charge in [0.15, 0.2) is 0 Å². The third-order valence-electron chi connectivity index (χ3n) is 5.84. The zero-order chi connectivity index (χ0) is 27.8. The van der Waals surface area contributed by atoms with Crippen molar-refractivity contribution in [2.24, 2.45) is 5.92 Å². The van der Waals surface area contributed by atoms with E-state index in [-0.39, 0.29) is 10.6 Å². The lowest BCUT2D eigenvalue weighted by molar-refractivity contribution is -0.117. The van der Waals surface area contributed by atoms with E-state index in [0.29, 0.717) is 22.0 Å². The second-order valence-corrected chi connectivity index (χ2v) is 17.0. The molecule has 0 radical (unpaired) electrons. The van der Waals surface area contributed by atoms with Crippen LogP contribution in [0.25, 0.3) is 0 Å². The summed E-state index contributed by atoms with van der Waals surface area (Å²) in [6.45, 7) is 6.41. The van der Waals surface area contributed by atoms with Gasteiger partial charge in [0.2, 0.25) is 5.91 Å². The van der Waals surface area contributed by atoms with Crippen LogP contribution in [-0.4, -0.2) is 24.2 Å². The van der Waals surface area contributed by atoms with Crippen molar-refractivity contribution >= 4 is 77.7 Å². The van der Waals surface area contributed by atoms with Gasteiger partial charge in [-0.3, -0.25) is 9.59 Å². The fourth-order valence-corrected chi connectivity index (χ4v) is 5.59. The largest absolute Gasteiger partial charge is 0.326 e. The number of rotatable bonds is 5. The van der Waals surface area contributed by atoms with Gasteiger partial charge >= 0.3 is 0 Å². The number of halogens is 5. The lowest BCUT2D eigenvalue weighted by atomic mass is 10.1. The molecule has 4 rings (SSSR count). The van der Waals surface area contributed by atoms with Crippen LogP contribution in [0, 0.1) is 23.2 Å². The van der Waals surface area contributed by atoms with E-state index >= 15 is 0 Å². The maximum absolute atomic E-state index is 13.2. The summed E-state index contributed by atoms with van der Waals surface area (Å²) in [7, 11) is -1.63. The van der Waals surface area contributed by atoms with Gasteiger partial charge in [0.1, 0.15) is 18.2 Å². The lowest BCUT2D eigenvalue weighted by Gasteiger charge is -2.10. The first-order valence-corrected chi connectivity index (χ1v) is 16.7. The number of benzene rings is 3. The second kappa shape index (κ2) is 10.9. The number of hydrogen-bond acceptors (Lipinski definition) is 2. The van der Waals surface area contributed by atoms with E-state index in [4.69, 9.17) is 46.4 Å². The van der Waals surface area contributed by atoms with Gasteiger partial charge in [-0.1, -0.05) is 54.8 Å². The van der Waals surface area contributed by atoms with Crippen LogP contribution < -0.4 is 10.6 Å². The molecule has 1 aliphatic rings. The first-order chi connectivity index (χ1) is 17.8. The summed E-state index contributed by atoms with van der Waals surface area (Å²) in [5.41, 5.74) is 5.58. The summed E-state index contributed by atoms with van der Waals surface area (Å²) in [5, 5.41) is 6.13. The van der Waals surface area contributed by atoms with Gasteiger partial charge < -0.3 is 10.6 Å². The molecule has 0 aromatic heterocycles. The Morgan fingerprint density at radius 1 is 0.895 bits per heavy atom. The van der Waals surface area contributed by atoms with E-state index in [0.717, 1.165) is 5.56 Å². The van der Waals surface area contributed by atoms with Crippen LogP contribution in [0.15, 0.2) is 60.7 Å². The van der Waals surface area contributed by atoms with E-state index < -0.39 is 41.9 Å². The smallest absolute Gasteiger partial charge is 0.257 e. The summed E-state index contributed by atoms with van der Waals surface area (Å²) in [6, 6.07) is 15.2. The third-order valence-corrected chi connectivity index (χ3v) is 8.31. The fourth-order valence-electron chi connectivity index (χ4n) is 3.88. The van der Waals surface area contributed by atoms with Gasteiger partial charge in [-0.15, -0.1) is 28.7 Å². The normalized spacial score (nSPS) is 17.7. The molecule has 1 fully saturated rings. The Kier molecular flexibility index (Phi) is 8.18. The number of amides is 2. The Balaban J connectivity index is 1.51. The first-order valence-electron chi connectivity index (χ1n) is 11.6. The summed E-state index contributed by atoms with van der Waals surface area (Å²) >= 11 is 25.7. The van der Waals surface area contributed by atoms with E-state index in [1.807, 2.05) is 6.07 Å². The van der Waals surface area contributed by atoms with Gasteiger partial charge in [-0.25, -0.2) is 4.39 Å². The highest BCUT2D eigenvalue weighted by molar-refractivity contribution is 6.83. The molecule has 0 saturated heterocycles. The zero-order valence-corrected chi connectivity index (χ0v) is 24.7. The molecule has 0 spiro atoms. The molecule has 0 heterocycles. The van der Waals surface area contributed by atoms with Crippen LogP contribution >= 0.6 is 46.4 Å². The lowest BCUT2D eigenvalue weighted by Crippen LogP contribution is -2.18. The summed E-state index contributed by atoms with van der Waals surface area (Å²) in [5.74, 6) is 0.603. The minimum atomic E-state index is -1.63. The summed E-state index contributed by atoms with van der Waals surface area (Å²) in [4.78, 5) is 25.9. The Hall–Kier alpha value is -2.53. The third kappa shape index (κ3) is 6.54. The Bertz CT molecular complexity index is 1480. The SMILES string of the molecule is C[Si](C)(C)C#Cc1cc([C@H]2[C@H](C(=O)Nc3ccc(Cl)c(C(=O)Nc4ccc(F)cc4)c3)C2(Cl)Cl)ccc1Cl. The summed E-state index contributed by atoms with van der Waals surface area (Å²) < 4.78 is 11.8. The predicted molar refractivity (Wildman–Crippen MR) is 157 cm³/mol. The molecule has 0 unspecified atom stereocenters.